The fraction of sp³-hybridized carbons (Fsp3) is 0.562. The highest BCUT2D eigenvalue weighted by molar-refractivity contribution is 7.89. The zero-order valence-electron chi connectivity index (χ0n) is 14.9. The molecule has 1 saturated heterocycles. The Bertz CT molecular complexity index is 856. The van der Waals surface area contributed by atoms with Crippen LogP contribution in [-0.4, -0.2) is 41.3 Å². The first-order valence-electron chi connectivity index (χ1n) is 8.53. The largest absolute Gasteiger partial charge is 0.357 e. The predicted molar refractivity (Wildman–Crippen MR) is 94.9 cm³/mol. The van der Waals surface area contributed by atoms with E-state index in [-0.39, 0.29) is 11.4 Å². The molecule has 9 heteroatoms. The maximum Gasteiger partial charge on any atom is 0.244 e. The first kappa shape index (κ1) is 17.8. The quantitative estimate of drug-likeness (QED) is 0.833. The summed E-state index contributed by atoms with van der Waals surface area (Å²) in [6.07, 6.45) is 3.99. The van der Waals surface area contributed by atoms with Gasteiger partial charge < -0.3 is 4.90 Å². The van der Waals surface area contributed by atoms with E-state index < -0.39 is 10.0 Å². The Morgan fingerprint density at radius 3 is 2.60 bits per heavy atom. The van der Waals surface area contributed by atoms with Crippen LogP contribution in [0.4, 0.5) is 5.82 Å². The number of rotatable bonds is 6. The Kier molecular flexibility index (Phi) is 5.05. The Morgan fingerprint density at radius 2 is 1.96 bits per heavy atom. The molecule has 25 heavy (non-hydrogen) atoms. The van der Waals surface area contributed by atoms with Crippen LogP contribution in [0.1, 0.15) is 37.0 Å². The van der Waals surface area contributed by atoms with Gasteiger partial charge in [0.05, 0.1) is 17.9 Å². The van der Waals surface area contributed by atoms with Crippen molar-refractivity contribution in [2.45, 2.75) is 51.6 Å². The Labute approximate surface area is 148 Å². The van der Waals surface area contributed by atoms with Gasteiger partial charge in [-0.1, -0.05) is 0 Å². The first-order chi connectivity index (χ1) is 11.9. The third-order valence-electron chi connectivity index (χ3n) is 4.42. The molecule has 0 amide bonds. The highest BCUT2D eigenvalue weighted by Gasteiger charge is 2.24. The molecule has 0 unspecified atom stereocenters. The zero-order valence-corrected chi connectivity index (χ0v) is 15.7. The summed E-state index contributed by atoms with van der Waals surface area (Å²) in [5.74, 6) is 1.32. The van der Waals surface area contributed by atoms with Gasteiger partial charge in [0.1, 0.15) is 16.5 Å². The van der Waals surface area contributed by atoms with Gasteiger partial charge in [-0.2, -0.15) is 5.10 Å². The molecule has 1 aliphatic rings. The molecular weight excluding hydrogens is 340 g/mol. The molecule has 0 atom stereocenters. The number of aromatic nitrogens is 4. The summed E-state index contributed by atoms with van der Waals surface area (Å²) in [4.78, 5) is 11.1. The predicted octanol–water partition coefficient (Wildman–Crippen LogP) is 1.39. The Morgan fingerprint density at radius 1 is 1.24 bits per heavy atom. The molecule has 0 spiro atoms. The van der Waals surface area contributed by atoms with E-state index in [4.69, 9.17) is 0 Å². The number of anilines is 1. The van der Waals surface area contributed by atoms with E-state index in [9.17, 15) is 8.42 Å². The van der Waals surface area contributed by atoms with Gasteiger partial charge in [-0.3, -0.25) is 4.68 Å². The smallest absolute Gasteiger partial charge is 0.244 e. The molecular formula is C16H24N6O2S. The monoisotopic (exact) mass is 364 g/mol. The van der Waals surface area contributed by atoms with Crippen molar-refractivity contribution in [2.75, 3.05) is 18.0 Å². The summed E-state index contributed by atoms with van der Waals surface area (Å²) in [5.41, 5.74) is 1.14. The molecule has 0 radical (unpaired) electrons. The number of nitrogens with zero attached hydrogens (tertiary/aromatic N) is 5. The fourth-order valence-corrected chi connectivity index (χ4v) is 4.59. The minimum Gasteiger partial charge on any atom is -0.357 e. The highest BCUT2D eigenvalue weighted by atomic mass is 32.2. The van der Waals surface area contributed by atoms with Crippen LogP contribution in [-0.2, 0) is 23.1 Å². The lowest BCUT2D eigenvalue weighted by molar-refractivity contribution is 0.576. The summed E-state index contributed by atoms with van der Waals surface area (Å²) < 4.78 is 29.7. The molecule has 0 bridgehead atoms. The van der Waals surface area contributed by atoms with Crippen LogP contribution in [0.5, 0.6) is 0 Å². The van der Waals surface area contributed by atoms with E-state index in [0.29, 0.717) is 23.8 Å². The summed E-state index contributed by atoms with van der Waals surface area (Å²) in [7, 11) is -3.67. The van der Waals surface area contributed by atoms with Crippen LogP contribution in [0.15, 0.2) is 17.2 Å². The van der Waals surface area contributed by atoms with Gasteiger partial charge in [0, 0.05) is 25.8 Å². The number of sulfonamides is 1. The van der Waals surface area contributed by atoms with Crippen LogP contribution >= 0.6 is 0 Å². The minimum absolute atomic E-state index is 0.0558. The molecule has 1 N–H and O–H groups in total. The van der Waals surface area contributed by atoms with Gasteiger partial charge in [-0.25, -0.2) is 23.1 Å². The van der Waals surface area contributed by atoms with Crippen molar-refractivity contribution in [2.24, 2.45) is 0 Å². The zero-order chi connectivity index (χ0) is 18.0. The van der Waals surface area contributed by atoms with Crippen LogP contribution in [0.3, 0.4) is 0 Å². The SMILES string of the molecule is CCn1nc(C)c(S(=O)(=O)NCc2nccc(N3CCCC3)n2)c1C. The molecule has 0 aromatic carbocycles. The normalized spacial score (nSPS) is 15.1. The average Bonchev–Trinajstić information content (AvgIpc) is 3.21. The Hall–Kier alpha value is -2.00. The summed E-state index contributed by atoms with van der Waals surface area (Å²) >= 11 is 0. The molecule has 3 rings (SSSR count). The van der Waals surface area contributed by atoms with Gasteiger partial charge in [-0.15, -0.1) is 0 Å². The van der Waals surface area contributed by atoms with Crippen LogP contribution in [0.25, 0.3) is 0 Å². The van der Waals surface area contributed by atoms with E-state index in [1.54, 1.807) is 24.7 Å². The molecule has 0 aliphatic carbocycles. The standard InChI is InChI=1S/C16H24N6O2S/c1-4-22-13(3)16(12(2)20-22)25(23,24)18-11-14-17-8-7-15(19-14)21-9-5-6-10-21/h7-8,18H,4-6,9-11H2,1-3H3. The van der Waals surface area contributed by atoms with Crippen molar-refractivity contribution in [1.82, 2.24) is 24.5 Å². The third-order valence-corrected chi connectivity index (χ3v) is 6.08. The van der Waals surface area contributed by atoms with Gasteiger partial charge >= 0.3 is 0 Å². The van der Waals surface area contributed by atoms with Crippen molar-refractivity contribution >= 4 is 15.8 Å². The molecule has 1 fully saturated rings. The average molecular weight is 364 g/mol. The number of hydrogen-bond donors (Lipinski definition) is 1. The highest BCUT2D eigenvalue weighted by Crippen LogP contribution is 2.20. The van der Waals surface area contributed by atoms with E-state index in [0.717, 1.165) is 31.7 Å². The van der Waals surface area contributed by atoms with E-state index in [1.165, 1.54) is 0 Å². The van der Waals surface area contributed by atoms with Crippen LogP contribution in [0, 0.1) is 13.8 Å². The maximum absolute atomic E-state index is 12.7. The lowest BCUT2D eigenvalue weighted by Crippen LogP contribution is -2.26. The van der Waals surface area contributed by atoms with Crippen LogP contribution in [0.2, 0.25) is 0 Å². The number of hydrogen-bond acceptors (Lipinski definition) is 6. The molecule has 2 aromatic heterocycles. The van der Waals surface area contributed by atoms with Crippen molar-refractivity contribution < 1.29 is 8.42 Å². The van der Waals surface area contributed by atoms with E-state index >= 15 is 0 Å². The third kappa shape index (κ3) is 3.67. The van der Waals surface area contributed by atoms with Gasteiger partial charge in [0.25, 0.3) is 0 Å². The molecule has 3 heterocycles. The summed E-state index contributed by atoms with van der Waals surface area (Å²) in [6, 6.07) is 1.86. The summed E-state index contributed by atoms with van der Waals surface area (Å²) in [5, 5.41) is 4.28. The lowest BCUT2D eigenvalue weighted by Gasteiger charge is -2.16. The maximum atomic E-state index is 12.7. The van der Waals surface area contributed by atoms with Gasteiger partial charge in [0.15, 0.2) is 0 Å². The summed E-state index contributed by atoms with van der Waals surface area (Å²) in [6.45, 7) is 8.05. The van der Waals surface area contributed by atoms with Gasteiger partial charge in [0.2, 0.25) is 10.0 Å². The number of nitrogens with one attached hydrogen (secondary N) is 1. The molecule has 0 saturated carbocycles. The second-order valence-electron chi connectivity index (χ2n) is 6.17. The van der Waals surface area contributed by atoms with E-state index in [1.807, 2.05) is 13.0 Å². The topological polar surface area (TPSA) is 93.0 Å². The first-order valence-corrected chi connectivity index (χ1v) is 10.0. The van der Waals surface area contributed by atoms with Crippen molar-refractivity contribution in [1.29, 1.82) is 0 Å². The van der Waals surface area contributed by atoms with Crippen molar-refractivity contribution in [3.8, 4) is 0 Å². The molecule has 1 aliphatic heterocycles. The second kappa shape index (κ2) is 7.09. The lowest BCUT2D eigenvalue weighted by atomic mass is 10.4. The molecule has 136 valence electrons. The fourth-order valence-electron chi connectivity index (χ4n) is 3.20. The van der Waals surface area contributed by atoms with E-state index in [2.05, 4.69) is 24.7 Å². The van der Waals surface area contributed by atoms with Crippen molar-refractivity contribution in [3.05, 3.63) is 29.5 Å². The van der Waals surface area contributed by atoms with Gasteiger partial charge in [-0.05, 0) is 39.7 Å². The van der Waals surface area contributed by atoms with Crippen LogP contribution < -0.4 is 9.62 Å². The second-order valence-corrected chi connectivity index (χ2v) is 7.87. The molecule has 2 aromatic rings. The number of aryl methyl sites for hydroxylation is 2. The Balaban J connectivity index is 1.77. The molecule has 8 nitrogen and oxygen atoms in total. The minimum atomic E-state index is -3.67. The van der Waals surface area contributed by atoms with Crippen molar-refractivity contribution in [3.63, 3.8) is 0 Å².